The van der Waals surface area contributed by atoms with Gasteiger partial charge in [0.25, 0.3) is 15.9 Å². The summed E-state index contributed by atoms with van der Waals surface area (Å²) >= 11 is 6.27. The van der Waals surface area contributed by atoms with Crippen molar-refractivity contribution in [3.05, 3.63) is 53.1 Å². The number of nitrogens with one attached hydrogen (secondary N) is 1. The molecule has 0 saturated carbocycles. The number of anilines is 1. The number of halogens is 1. The molecule has 152 valence electrons. The number of carbonyl (C=O) groups is 1. The zero-order chi connectivity index (χ0) is 20.9. The Bertz CT molecular complexity index is 926. The van der Waals surface area contributed by atoms with Crippen molar-refractivity contribution in [2.75, 3.05) is 18.5 Å². The van der Waals surface area contributed by atoms with Gasteiger partial charge in [0, 0.05) is 13.1 Å². The molecule has 1 N–H and O–H groups in total. The van der Waals surface area contributed by atoms with Crippen molar-refractivity contribution in [2.24, 2.45) is 0 Å². The van der Waals surface area contributed by atoms with Gasteiger partial charge in [-0.2, -0.15) is 0 Å². The molecule has 1 amide bonds. The molecule has 0 heterocycles. The second-order valence-electron chi connectivity index (χ2n) is 6.30. The Morgan fingerprint density at radius 2 is 1.75 bits per heavy atom. The van der Waals surface area contributed by atoms with Crippen LogP contribution >= 0.6 is 11.6 Å². The second kappa shape index (κ2) is 9.30. The van der Waals surface area contributed by atoms with Gasteiger partial charge in [-0.05, 0) is 55.3 Å². The van der Waals surface area contributed by atoms with Crippen LogP contribution in [-0.2, 0) is 10.0 Å². The summed E-state index contributed by atoms with van der Waals surface area (Å²) in [6.07, 6.45) is 1.64. The number of sulfonamides is 1. The van der Waals surface area contributed by atoms with Gasteiger partial charge in [0.05, 0.1) is 28.3 Å². The highest BCUT2D eigenvalue weighted by Crippen LogP contribution is 2.28. The van der Waals surface area contributed by atoms with E-state index in [1.54, 1.807) is 18.2 Å². The molecule has 0 bridgehead atoms. The number of rotatable bonds is 8. The third-order valence-electron chi connectivity index (χ3n) is 4.60. The predicted molar refractivity (Wildman–Crippen MR) is 112 cm³/mol. The number of ether oxygens (including phenoxy) is 1. The Kier molecular flexibility index (Phi) is 7.32. The van der Waals surface area contributed by atoms with Gasteiger partial charge in [0.1, 0.15) is 5.75 Å². The van der Waals surface area contributed by atoms with E-state index in [0.29, 0.717) is 17.0 Å². The molecule has 6 nitrogen and oxygen atoms in total. The van der Waals surface area contributed by atoms with E-state index >= 15 is 0 Å². The summed E-state index contributed by atoms with van der Waals surface area (Å²) in [5, 5.41) is 3.11. The normalized spacial score (nSPS) is 11.4. The predicted octanol–water partition coefficient (Wildman–Crippen LogP) is 4.09. The van der Waals surface area contributed by atoms with Crippen molar-refractivity contribution in [1.29, 1.82) is 0 Å². The number of hydrogen-bond donors (Lipinski definition) is 1. The van der Waals surface area contributed by atoms with Gasteiger partial charge in [-0.25, -0.2) is 8.42 Å². The average Bonchev–Trinajstić information content (AvgIpc) is 2.71. The van der Waals surface area contributed by atoms with Crippen molar-refractivity contribution >= 4 is 33.2 Å². The van der Waals surface area contributed by atoms with Crippen LogP contribution in [0.3, 0.4) is 0 Å². The first kappa shape index (κ1) is 22.0. The van der Waals surface area contributed by atoms with E-state index in [2.05, 4.69) is 5.32 Å². The van der Waals surface area contributed by atoms with E-state index in [0.717, 1.165) is 17.1 Å². The van der Waals surface area contributed by atoms with Crippen molar-refractivity contribution < 1.29 is 17.9 Å². The van der Waals surface area contributed by atoms with Crippen molar-refractivity contribution in [3.8, 4) is 5.75 Å². The van der Waals surface area contributed by atoms with E-state index in [-0.39, 0.29) is 21.9 Å². The highest BCUT2D eigenvalue weighted by molar-refractivity contribution is 7.92. The van der Waals surface area contributed by atoms with Gasteiger partial charge < -0.3 is 10.1 Å². The minimum absolute atomic E-state index is 0.0707. The monoisotopic (exact) mass is 424 g/mol. The highest BCUT2D eigenvalue weighted by atomic mass is 35.5. The number of nitrogens with zero attached hydrogens (tertiary/aromatic N) is 1. The molecule has 8 heteroatoms. The molecule has 0 saturated heterocycles. The smallest absolute Gasteiger partial charge is 0.264 e. The number of carbonyl (C=O) groups excluding carboxylic acids is 1. The number of benzene rings is 2. The quantitative estimate of drug-likeness (QED) is 0.692. The molecule has 0 radical (unpaired) electrons. The first-order chi connectivity index (χ1) is 13.2. The Morgan fingerprint density at radius 3 is 2.25 bits per heavy atom. The summed E-state index contributed by atoms with van der Waals surface area (Å²) in [5.74, 6) is 0.295. The van der Waals surface area contributed by atoms with E-state index in [9.17, 15) is 13.2 Å². The van der Waals surface area contributed by atoms with Gasteiger partial charge in [-0.3, -0.25) is 9.10 Å². The maximum absolute atomic E-state index is 12.8. The minimum Gasteiger partial charge on any atom is -0.497 e. The SMILES string of the molecule is CCC(CC)NC(=O)c1ccc(N(C)S(=O)(=O)c2ccc(OC)cc2)cc1Cl. The third kappa shape index (κ3) is 4.77. The maximum atomic E-state index is 12.8. The lowest BCUT2D eigenvalue weighted by Gasteiger charge is -2.21. The van der Waals surface area contributed by atoms with Crippen LogP contribution in [0.25, 0.3) is 0 Å². The Labute approximate surface area is 171 Å². The molecular weight excluding hydrogens is 400 g/mol. The van der Waals surface area contributed by atoms with E-state index < -0.39 is 10.0 Å². The maximum Gasteiger partial charge on any atom is 0.264 e. The van der Waals surface area contributed by atoms with Gasteiger partial charge in [0.15, 0.2) is 0 Å². The molecule has 0 aliphatic rings. The molecule has 0 aliphatic heterocycles. The molecule has 0 unspecified atom stereocenters. The molecule has 2 aromatic carbocycles. The molecular formula is C20H25ClN2O4S. The second-order valence-corrected chi connectivity index (χ2v) is 8.68. The fourth-order valence-corrected chi connectivity index (χ4v) is 4.13. The van der Waals surface area contributed by atoms with Crippen LogP contribution in [0.5, 0.6) is 5.75 Å². The van der Waals surface area contributed by atoms with Gasteiger partial charge in [0.2, 0.25) is 0 Å². The molecule has 2 aromatic rings. The van der Waals surface area contributed by atoms with Crippen LogP contribution in [0.4, 0.5) is 5.69 Å². The summed E-state index contributed by atoms with van der Waals surface area (Å²) in [6, 6.07) is 10.8. The zero-order valence-electron chi connectivity index (χ0n) is 16.4. The fraction of sp³-hybridized carbons (Fsp3) is 0.350. The minimum atomic E-state index is -3.78. The number of methoxy groups -OCH3 is 1. The van der Waals surface area contributed by atoms with Crippen molar-refractivity contribution in [1.82, 2.24) is 5.32 Å². The standard InChI is InChI=1S/C20H25ClN2O4S/c1-5-14(6-2)22-20(24)18-12-7-15(13-19(18)21)23(3)28(25,26)17-10-8-16(27-4)9-11-17/h7-14H,5-6H2,1-4H3,(H,22,24). The summed E-state index contributed by atoms with van der Waals surface area (Å²) in [4.78, 5) is 12.5. The Morgan fingerprint density at radius 1 is 1.14 bits per heavy atom. The third-order valence-corrected chi connectivity index (χ3v) is 6.71. The van der Waals surface area contributed by atoms with Crippen LogP contribution in [-0.4, -0.2) is 34.5 Å². The lowest BCUT2D eigenvalue weighted by Crippen LogP contribution is -2.34. The highest BCUT2D eigenvalue weighted by Gasteiger charge is 2.23. The van der Waals surface area contributed by atoms with Crippen LogP contribution in [0, 0.1) is 0 Å². The Hall–Kier alpha value is -2.25. The van der Waals surface area contributed by atoms with E-state index in [4.69, 9.17) is 16.3 Å². The topological polar surface area (TPSA) is 75.7 Å². The molecule has 0 aromatic heterocycles. The lowest BCUT2D eigenvalue weighted by atomic mass is 10.1. The van der Waals surface area contributed by atoms with Crippen LogP contribution in [0.15, 0.2) is 47.4 Å². The van der Waals surface area contributed by atoms with Gasteiger partial charge in [-0.15, -0.1) is 0 Å². The van der Waals surface area contributed by atoms with Gasteiger partial charge in [-0.1, -0.05) is 25.4 Å². The Balaban J connectivity index is 2.27. The molecule has 0 fully saturated rings. The molecule has 0 aliphatic carbocycles. The molecule has 0 atom stereocenters. The van der Waals surface area contributed by atoms with Crippen LogP contribution < -0.4 is 14.4 Å². The molecule has 0 spiro atoms. The van der Waals surface area contributed by atoms with Gasteiger partial charge >= 0.3 is 0 Å². The van der Waals surface area contributed by atoms with Crippen LogP contribution in [0.1, 0.15) is 37.0 Å². The summed E-state index contributed by atoms with van der Waals surface area (Å²) in [6.45, 7) is 4.00. The lowest BCUT2D eigenvalue weighted by molar-refractivity contribution is 0.0935. The van der Waals surface area contributed by atoms with Crippen LogP contribution in [0.2, 0.25) is 5.02 Å². The van der Waals surface area contributed by atoms with Crippen molar-refractivity contribution in [2.45, 2.75) is 37.6 Å². The summed E-state index contributed by atoms with van der Waals surface area (Å²) in [5.41, 5.74) is 0.674. The molecule has 2 rings (SSSR count). The average molecular weight is 425 g/mol. The zero-order valence-corrected chi connectivity index (χ0v) is 18.0. The fourth-order valence-electron chi connectivity index (χ4n) is 2.68. The summed E-state index contributed by atoms with van der Waals surface area (Å²) < 4.78 is 31.9. The van der Waals surface area contributed by atoms with E-state index in [1.807, 2.05) is 13.8 Å². The number of amides is 1. The van der Waals surface area contributed by atoms with Crippen molar-refractivity contribution in [3.63, 3.8) is 0 Å². The van der Waals surface area contributed by atoms with E-state index in [1.165, 1.54) is 38.4 Å². The summed E-state index contributed by atoms with van der Waals surface area (Å²) in [7, 11) is -0.823. The molecule has 28 heavy (non-hydrogen) atoms. The number of hydrogen-bond acceptors (Lipinski definition) is 4. The first-order valence-electron chi connectivity index (χ1n) is 8.98. The largest absolute Gasteiger partial charge is 0.497 e. The first-order valence-corrected chi connectivity index (χ1v) is 10.8.